The molecule has 2 rings (SSSR count). The molecule has 0 spiro atoms. The summed E-state index contributed by atoms with van der Waals surface area (Å²) >= 11 is 0. The summed E-state index contributed by atoms with van der Waals surface area (Å²) in [6, 6.07) is 0. The van der Waals surface area contributed by atoms with E-state index in [0.717, 1.165) is 18.7 Å². The molecule has 0 bridgehead atoms. The van der Waals surface area contributed by atoms with Gasteiger partial charge in [-0.15, -0.1) is 0 Å². The van der Waals surface area contributed by atoms with Crippen LogP contribution >= 0.6 is 0 Å². The van der Waals surface area contributed by atoms with Gasteiger partial charge in [0, 0.05) is 37.2 Å². The van der Waals surface area contributed by atoms with Gasteiger partial charge in [0.05, 0.1) is 6.61 Å². The van der Waals surface area contributed by atoms with Crippen LogP contribution in [0.1, 0.15) is 19.0 Å². The molecule has 1 aliphatic rings. The summed E-state index contributed by atoms with van der Waals surface area (Å²) in [5.41, 5.74) is 1.29. The van der Waals surface area contributed by atoms with Crippen molar-refractivity contribution in [2.45, 2.75) is 26.8 Å². The minimum Gasteiger partial charge on any atom is -0.381 e. The number of allylic oxidation sites excluding steroid dienone is 1. The highest BCUT2D eigenvalue weighted by molar-refractivity contribution is 5.22. The van der Waals surface area contributed by atoms with E-state index in [1.54, 1.807) is 10.8 Å². The summed E-state index contributed by atoms with van der Waals surface area (Å²) in [4.78, 5) is 10.7. The van der Waals surface area contributed by atoms with Gasteiger partial charge in [0.15, 0.2) is 5.03 Å². The van der Waals surface area contributed by atoms with Crippen molar-refractivity contribution in [2.75, 3.05) is 13.2 Å². The summed E-state index contributed by atoms with van der Waals surface area (Å²) < 4.78 is 8.90. The van der Waals surface area contributed by atoms with Crippen molar-refractivity contribution >= 4 is 6.20 Å². The summed E-state index contributed by atoms with van der Waals surface area (Å²) in [6.45, 7) is 5.96. The van der Waals surface area contributed by atoms with Crippen molar-refractivity contribution in [1.82, 2.24) is 9.13 Å². The molecule has 1 unspecified atom stereocenters. The van der Waals surface area contributed by atoms with Gasteiger partial charge < -0.3 is 9.30 Å². The first kappa shape index (κ1) is 13.5. The molecule has 1 atom stereocenters. The first-order valence-electron chi connectivity index (χ1n) is 6.29. The zero-order valence-corrected chi connectivity index (χ0v) is 11.2. The molecular weight excluding hydrogens is 248 g/mol. The smallest absolute Gasteiger partial charge is 0.286 e. The standard InChI is InChI=1S/C12H18N4O3/c1-3-5-14-7-10(2)15(12(14)13-16(17)18)8-11-4-6-19-9-11/h3,5,7,11H,4,6,8-9H2,1-2H3. The fraction of sp³-hybridized carbons (Fsp3) is 0.583. The molecule has 0 amide bonds. The Kier molecular flexibility index (Phi) is 4.16. The zero-order valence-electron chi connectivity index (χ0n) is 11.2. The highest BCUT2D eigenvalue weighted by Crippen LogP contribution is 2.14. The number of nitro groups is 1. The molecule has 0 aliphatic carbocycles. The van der Waals surface area contributed by atoms with Gasteiger partial charge in [0.2, 0.25) is 0 Å². The van der Waals surface area contributed by atoms with E-state index in [0.29, 0.717) is 24.7 Å². The van der Waals surface area contributed by atoms with Crippen LogP contribution in [0.25, 0.3) is 6.20 Å². The van der Waals surface area contributed by atoms with Gasteiger partial charge in [0.1, 0.15) is 5.10 Å². The summed E-state index contributed by atoms with van der Waals surface area (Å²) in [5.74, 6) is 0.394. The number of hydrogen-bond donors (Lipinski definition) is 0. The quantitative estimate of drug-likeness (QED) is 0.607. The lowest BCUT2D eigenvalue weighted by atomic mass is 10.1. The average molecular weight is 266 g/mol. The molecule has 1 aliphatic heterocycles. The van der Waals surface area contributed by atoms with Crippen LogP contribution < -0.4 is 5.62 Å². The van der Waals surface area contributed by atoms with E-state index >= 15 is 0 Å². The molecule has 1 saturated heterocycles. The average Bonchev–Trinajstić information content (AvgIpc) is 2.93. The fourth-order valence-electron chi connectivity index (χ4n) is 2.29. The summed E-state index contributed by atoms with van der Waals surface area (Å²) in [5, 5.41) is 13.5. The van der Waals surface area contributed by atoms with Crippen LogP contribution in [-0.4, -0.2) is 27.4 Å². The molecule has 0 saturated carbocycles. The Balaban J connectivity index is 2.42. The van der Waals surface area contributed by atoms with E-state index in [4.69, 9.17) is 4.74 Å². The normalized spacial score (nSPS) is 20.5. The molecule has 19 heavy (non-hydrogen) atoms. The Bertz CT molecular complexity index is 550. The molecule has 7 heteroatoms. The molecule has 0 radical (unpaired) electrons. The number of aromatic nitrogens is 2. The minimum absolute atomic E-state index is 0.340. The van der Waals surface area contributed by atoms with Gasteiger partial charge >= 0.3 is 0 Å². The predicted octanol–water partition coefficient (Wildman–Crippen LogP) is 1.22. The first-order valence-corrected chi connectivity index (χ1v) is 6.29. The largest absolute Gasteiger partial charge is 0.381 e. The second-order valence-corrected chi connectivity index (χ2v) is 4.64. The van der Waals surface area contributed by atoms with E-state index in [-0.39, 0.29) is 0 Å². The van der Waals surface area contributed by atoms with Gasteiger partial charge in [-0.25, -0.2) is 10.1 Å². The molecule has 0 aromatic carbocycles. The molecule has 1 aromatic rings. The van der Waals surface area contributed by atoms with Crippen molar-refractivity contribution in [3.8, 4) is 0 Å². The highest BCUT2D eigenvalue weighted by Gasteiger charge is 2.19. The highest BCUT2D eigenvalue weighted by atomic mass is 16.7. The van der Waals surface area contributed by atoms with Gasteiger partial charge in [-0.3, -0.25) is 4.57 Å². The number of ether oxygens (including phenoxy) is 1. The zero-order chi connectivity index (χ0) is 13.8. The first-order chi connectivity index (χ1) is 9.11. The van der Waals surface area contributed by atoms with Gasteiger partial charge in [-0.1, -0.05) is 6.08 Å². The van der Waals surface area contributed by atoms with Crippen LogP contribution in [0.15, 0.2) is 17.4 Å². The van der Waals surface area contributed by atoms with Crippen LogP contribution in [0.4, 0.5) is 0 Å². The van der Waals surface area contributed by atoms with Crippen LogP contribution in [0.3, 0.4) is 0 Å². The van der Waals surface area contributed by atoms with Gasteiger partial charge in [-0.2, -0.15) is 0 Å². The third kappa shape index (κ3) is 3.11. The number of aryl methyl sites for hydroxylation is 1. The number of hydrogen-bond acceptors (Lipinski definition) is 3. The Morgan fingerprint density at radius 1 is 1.68 bits per heavy atom. The third-order valence-corrected chi connectivity index (χ3v) is 3.17. The molecule has 7 nitrogen and oxygen atoms in total. The van der Waals surface area contributed by atoms with E-state index < -0.39 is 5.03 Å². The SMILES string of the molecule is CC=Cn1cc(C)n(CC2CCOC2)c1=N[N+](=O)[O-]. The Morgan fingerprint density at radius 2 is 2.47 bits per heavy atom. The lowest BCUT2D eigenvalue weighted by Gasteiger charge is -2.09. The van der Waals surface area contributed by atoms with Gasteiger partial charge in [-0.05, 0) is 20.3 Å². The third-order valence-electron chi connectivity index (χ3n) is 3.17. The Labute approximate surface area is 111 Å². The molecular formula is C12H18N4O3. The van der Waals surface area contributed by atoms with E-state index in [9.17, 15) is 10.1 Å². The van der Waals surface area contributed by atoms with E-state index in [1.165, 1.54) is 0 Å². The van der Waals surface area contributed by atoms with Crippen molar-refractivity contribution in [3.05, 3.63) is 33.7 Å². The van der Waals surface area contributed by atoms with E-state index in [2.05, 4.69) is 5.10 Å². The fourth-order valence-corrected chi connectivity index (χ4v) is 2.29. The number of nitrogens with zero attached hydrogens (tertiary/aromatic N) is 4. The molecule has 1 fully saturated rings. The minimum atomic E-state index is -0.656. The number of imidazole rings is 1. The molecule has 2 heterocycles. The second-order valence-electron chi connectivity index (χ2n) is 4.64. The van der Waals surface area contributed by atoms with Crippen LogP contribution in [0.2, 0.25) is 0 Å². The van der Waals surface area contributed by atoms with Crippen molar-refractivity contribution < 1.29 is 9.77 Å². The van der Waals surface area contributed by atoms with Gasteiger partial charge in [0.25, 0.3) is 5.62 Å². The Hall–Kier alpha value is -1.89. The topological polar surface area (TPSA) is 74.6 Å². The van der Waals surface area contributed by atoms with Crippen molar-refractivity contribution in [3.63, 3.8) is 0 Å². The molecule has 1 aromatic heterocycles. The molecule has 104 valence electrons. The van der Waals surface area contributed by atoms with Crippen molar-refractivity contribution in [1.29, 1.82) is 0 Å². The number of rotatable bonds is 4. The van der Waals surface area contributed by atoms with Crippen molar-refractivity contribution in [2.24, 2.45) is 11.0 Å². The maximum absolute atomic E-state index is 10.7. The maximum atomic E-state index is 10.7. The maximum Gasteiger partial charge on any atom is 0.286 e. The van der Waals surface area contributed by atoms with Crippen LogP contribution in [0, 0.1) is 23.0 Å². The Morgan fingerprint density at radius 3 is 3.05 bits per heavy atom. The van der Waals surface area contributed by atoms with E-state index in [1.807, 2.05) is 30.7 Å². The van der Waals surface area contributed by atoms with Crippen LogP contribution in [0.5, 0.6) is 0 Å². The monoisotopic (exact) mass is 266 g/mol. The van der Waals surface area contributed by atoms with Crippen LogP contribution in [-0.2, 0) is 11.3 Å². The summed E-state index contributed by atoms with van der Waals surface area (Å²) in [6.07, 6.45) is 6.41. The molecule has 0 N–H and O–H groups in total. The summed E-state index contributed by atoms with van der Waals surface area (Å²) in [7, 11) is 0. The predicted molar refractivity (Wildman–Crippen MR) is 69.6 cm³/mol. The second kappa shape index (κ2) is 5.83. The lowest BCUT2D eigenvalue weighted by Crippen LogP contribution is -2.28. The lowest BCUT2D eigenvalue weighted by molar-refractivity contribution is -0.491.